The summed E-state index contributed by atoms with van der Waals surface area (Å²) in [4.78, 5) is 12.5. The van der Waals surface area contributed by atoms with E-state index in [1.165, 1.54) is 50.6 Å². The van der Waals surface area contributed by atoms with Gasteiger partial charge >= 0.3 is 0 Å². The minimum atomic E-state index is -3.83. The van der Waals surface area contributed by atoms with Crippen LogP contribution in [0.1, 0.15) is 15.9 Å². The lowest BCUT2D eigenvalue weighted by atomic mass is 10.1. The molecule has 31 heavy (non-hydrogen) atoms. The van der Waals surface area contributed by atoms with Crippen LogP contribution in [0.4, 0.5) is 20.2 Å². The molecule has 0 aromatic heterocycles. The van der Waals surface area contributed by atoms with Gasteiger partial charge in [0.1, 0.15) is 5.75 Å². The summed E-state index contributed by atoms with van der Waals surface area (Å²) in [6, 6.07) is 13.5. The van der Waals surface area contributed by atoms with Gasteiger partial charge < -0.3 is 10.1 Å². The molecule has 3 rings (SSSR count). The SMILES string of the molecule is COc1ccc(S(=O)(=O)N(C)c2ccc(C(=O)Nc3ccc(F)c(F)c3)cc2C)cc1. The largest absolute Gasteiger partial charge is 0.497 e. The van der Waals surface area contributed by atoms with E-state index in [2.05, 4.69) is 5.32 Å². The fourth-order valence-electron chi connectivity index (χ4n) is 2.96. The third-order valence-electron chi connectivity index (χ3n) is 4.69. The topological polar surface area (TPSA) is 75.7 Å². The molecule has 1 amide bonds. The second kappa shape index (κ2) is 8.73. The average molecular weight is 446 g/mol. The first-order chi connectivity index (χ1) is 14.6. The van der Waals surface area contributed by atoms with Crippen molar-refractivity contribution < 1.29 is 26.7 Å². The first kappa shape index (κ1) is 22.2. The van der Waals surface area contributed by atoms with Crippen molar-refractivity contribution in [3.8, 4) is 5.75 Å². The molecule has 0 saturated heterocycles. The maximum absolute atomic E-state index is 13.3. The van der Waals surface area contributed by atoms with Crippen LogP contribution in [0.25, 0.3) is 0 Å². The van der Waals surface area contributed by atoms with Gasteiger partial charge in [-0.15, -0.1) is 0 Å². The standard InChI is InChI=1S/C22H20F2N2O4S/c1-14-12-15(22(27)25-16-5-10-19(23)20(24)13-16)4-11-21(14)26(2)31(28,29)18-8-6-17(30-3)7-9-18/h4-13H,1-3H3,(H,25,27). The van der Waals surface area contributed by atoms with Crippen LogP contribution in [0.5, 0.6) is 5.75 Å². The molecule has 9 heteroatoms. The number of ether oxygens (including phenoxy) is 1. The van der Waals surface area contributed by atoms with E-state index in [1.54, 1.807) is 19.1 Å². The molecule has 0 heterocycles. The fraction of sp³-hybridized carbons (Fsp3) is 0.136. The van der Waals surface area contributed by atoms with Gasteiger partial charge in [0.05, 0.1) is 17.7 Å². The first-order valence-corrected chi connectivity index (χ1v) is 10.6. The van der Waals surface area contributed by atoms with E-state index in [0.717, 1.165) is 16.4 Å². The Balaban J connectivity index is 1.83. The highest BCUT2D eigenvalue weighted by atomic mass is 32.2. The zero-order valence-electron chi connectivity index (χ0n) is 17.0. The summed E-state index contributed by atoms with van der Waals surface area (Å²) >= 11 is 0. The third-order valence-corrected chi connectivity index (χ3v) is 6.48. The molecule has 0 fully saturated rings. The van der Waals surface area contributed by atoms with Gasteiger partial charge in [0.25, 0.3) is 15.9 Å². The molecular formula is C22H20F2N2O4S. The van der Waals surface area contributed by atoms with Gasteiger partial charge in [-0.1, -0.05) is 0 Å². The summed E-state index contributed by atoms with van der Waals surface area (Å²) in [5, 5.41) is 2.48. The average Bonchev–Trinajstić information content (AvgIpc) is 2.75. The number of halogens is 2. The Bertz CT molecular complexity index is 1230. The molecule has 3 aromatic carbocycles. The van der Waals surface area contributed by atoms with Crippen LogP contribution < -0.4 is 14.4 Å². The second-order valence-electron chi connectivity index (χ2n) is 6.73. The number of aryl methyl sites for hydroxylation is 1. The minimum Gasteiger partial charge on any atom is -0.497 e. The van der Waals surface area contributed by atoms with Crippen LogP contribution in [0.3, 0.4) is 0 Å². The Morgan fingerprint density at radius 2 is 1.65 bits per heavy atom. The molecule has 1 N–H and O–H groups in total. The summed E-state index contributed by atoms with van der Waals surface area (Å²) in [6.45, 7) is 1.67. The van der Waals surface area contributed by atoms with Gasteiger partial charge in [0, 0.05) is 24.4 Å². The van der Waals surface area contributed by atoms with E-state index in [0.29, 0.717) is 17.0 Å². The summed E-state index contributed by atoms with van der Waals surface area (Å²) < 4.78 is 58.4. The normalized spacial score (nSPS) is 11.1. The number of anilines is 2. The van der Waals surface area contributed by atoms with Crippen LogP contribution in [0, 0.1) is 18.6 Å². The monoisotopic (exact) mass is 446 g/mol. The van der Waals surface area contributed by atoms with Gasteiger partial charge in [-0.3, -0.25) is 9.10 Å². The zero-order valence-corrected chi connectivity index (χ0v) is 17.8. The molecule has 0 atom stereocenters. The summed E-state index contributed by atoms with van der Waals surface area (Å²) in [5.74, 6) is -2.09. The Morgan fingerprint density at radius 1 is 0.968 bits per heavy atom. The molecular weight excluding hydrogens is 426 g/mol. The van der Waals surface area contributed by atoms with Crippen LogP contribution in [0.15, 0.2) is 65.6 Å². The summed E-state index contributed by atoms with van der Waals surface area (Å²) in [6.07, 6.45) is 0. The molecule has 0 radical (unpaired) electrons. The summed E-state index contributed by atoms with van der Waals surface area (Å²) in [7, 11) is -0.921. The van der Waals surface area contributed by atoms with E-state index >= 15 is 0 Å². The van der Waals surface area contributed by atoms with Crippen molar-refractivity contribution >= 4 is 27.3 Å². The molecule has 3 aromatic rings. The van der Waals surface area contributed by atoms with Gasteiger partial charge in [0.15, 0.2) is 11.6 Å². The van der Waals surface area contributed by atoms with Gasteiger partial charge in [-0.25, -0.2) is 17.2 Å². The first-order valence-electron chi connectivity index (χ1n) is 9.13. The van der Waals surface area contributed by atoms with Gasteiger partial charge in [-0.05, 0) is 67.1 Å². The van der Waals surface area contributed by atoms with Crippen molar-refractivity contribution in [1.82, 2.24) is 0 Å². The molecule has 0 spiro atoms. The van der Waals surface area contributed by atoms with Gasteiger partial charge in [-0.2, -0.15) is 0 Å². The molecule has 6 nitrogen and oxygen atoms in total. The number of amides is 1. The number of nitrogens with zero attached hydrogens (tertiary/aromatic N) is 1. The molecule has 162 valence electrons. The molecule has 0 aliphatic heterocycles. The smallest absolute Gasteiger partial charge is 0.264 e. The maximum atomic E-state index is 13.3. The molecule has 0 unspecified atom stereocenters. The highest BCUT2D eigenvalue weighted by Gasteiger charge is 2.23. The quantitative estimate of drug-likeness (QED) is 0.611. The van der Waals surface area contributed by atoms with E-state index in [1.807, 2.05) is 0 Å². The van der Waals surface area contributed by atoms with Crippen LogP contribution >= 0.6 is 0 Å². The number of methoxy groups -OCH3 is 1. The predicted octanol–water partition coefficient (Wildman–Crippen LogP) is 4.36. The lowest BCUT2D eigenvalue weighted by Crippen LogP contribution is -2.27. The number of hydrogen-bond acceptors (Lipinski definition) is 4. The Labute approximate surface area is 179 Å². The predicted molar refractivity (Wildman–Crippen MR) is 114 cm³/mol. The van der Waals surface area contributed by atoms with Crippen LogP contribution in [0.2, 0.25) is 0 Å². The van der Waals surface area contributed by atoms with Crippen molar-refractivity contribution in [2.45, 2.75) is 11.8 Å². The number of nitrogens with one attached hydrogen (secondary N) is 1. The van der Waals surface area contributed by atoms with Crippen molar-refractivity contribution in [2.75, 3.05) is 23.8 Å². The molecule has 0 aliphatic rings. The Morgan fingerprint density at radius 3 is 2.23 bits per heavy atom. The number of sulfonamides is 1. The molecule has 0 aliphatic carbocycles. The number of carbonyl (C=O) groups is 1. The van der Waals surface area contributed by atoms with Crippen molar-refractivity contribution in [2.24, 2.45) is 0 Å². The second-order valence-corrected chi connectivity index (χ2v) is 8.70. The summed E-state index contributed by atoms with van der Waals surface area (Å²) in [5.41, 5.74) is 1.27. The van der Waals surface area contributed by atoms with E-state index < -0.39 is 27.6 Å². The number of benzene rings is 3. The minimum absolute atomic E-state index is 0.0929. The Kier molecular flexibility index (Phi) is 6.26. The third kappa shape index (κ3) is 4.66. The van der Waals surface area contributed by atoms with Crippen molar-refractivity contribution in [3.05, 3.63) is 83.4 Å². The van der Waals surface area contributed by atoms with E-state index in [4.69, 9.17) is 4.74 Å². The fourth-order valence-corrected chi connectivity index (χ4v) is 4.22. The lowest BCUT2D eigenvalue weighted by molar-refractivity contribution is 0.102. The van der Waals surface area contributed by atoms with E-state index in [9.17, 15) is 22.0 Å². The van der Waals surface area contributed by atoms with Crippen molar-refractivity contribution in [3.63, 3.8) is 0 Å². The molecule has 0 saturated carbocycles. The van der Waals surface area contributed by atoms with Crippen LogP contribution in [-0.2, 0) is 10.0 Å². The zero-order chi connectivity index (χ0) is 22.8. The lowest BCUT2D eigenvalue weighted by Gasteiger charge is -2.22. The highest BCUT2D eigenvalue weighted by molar-refractivity contribution is 7.92. The molecule has 0 bridgehead atoms. The maximum Gasteiger partial charge on any atom is 0.264 e. The van der Waals surface area contributed by atoms with Crippen molar-refractivity contribution in [1.29, 1.82) is 0 Å². The highest BCUT2D eigenvalue weighted by Crippen LogP contribution is 2.27. The van der Waals surface area contributed by atoms with E-state index in [-0.39, 0.29) is 16.1 Å². The number of carbonyl (C=O) groups excluding carboxylic acids is 1. The number of rotatable bonds is 6. The Hall–Kier alpha value is -3.46. The number of hydrogen-bond donors (Lipinski definition) is 1. The van der Waals surface area contributed by atoms with Gasteiger partial charge in [0.2, 0.25) is 0 Å². The van der Waals surface area contributed by atoms with Crippen LogP contribution in [-0.4, -0.2) is 28.5 Å².